The van der Waals surface area contributed by atoms with Gasteiger partial charge in [-0.3, -0.25) is 16.8 Å². The number of hydrogen-bond donors (Lipinski definition) is 1. The Morgan fingerprint density at radius 3 is 0.862 bits per heavy atom. The lowest BCUT2D eigenvalue weighted by atomic mass is 10.3. The maximum Gasteiger partial charge on any atom is 0.150 e. The van der Waals surface area contributed by atoms with Crippen molar-refractivity contribution in [1.29, 1.82) is 0 Å². The minimum atomic E-state index is -5.51. The number of benzene rings is 1. The molecule has 23 heteroatoms. The zero-order valence-electron chi connectivity index (χ0n) is 12.6. The van der Waals surface area contributed by atoms with Crippen molar-refractivity contribution < 1.29 is 79.1 Å². The second-order valence-corrected chi connectivity index (χ2v) is 9.66. The largest absolute Gasteiger partial charge is 0.759 e. The molecule has 0 atom stereocenters. The summed E-state index contributed by atoms with van der Waals surface area (Å²) in [5.74, 6) is -1.74. The van der Waals surface area contributed by atoms with Gasteiger partial charge in [0.05, 0.1) is 14.7 Å². The molecule has 1 aromatic rings. The molecule has 172 valence electrons. The highest BCUT2D eigenvalue weighted by atomic mass is 32.3. The summed E-state index contributed by atoms with van der Waals surface area (Å²) in [6.07, 6.45) is 0. The molecule has 1 N–H and O–H groups in total. The van der Waals surface area contributed by atoms with Gasteiger partial charge in [0, 0.05) is 20.8 Å². The molecular weight excluding hydrogens is 520 g/mol. The van der Waals surface area contributed by atoms with Crippen molar-refractivity contribution >= 4 is 51.2 Å². The van der Waals surface area contributed by atoms with Crippen LogP contribution >= 0.6 is 0 Å². The fourth-order valence-electron chi connectivity index (χ4n) is 1.08. The van der Waals surface area contributed by atoms with E-state index in [1.165, 1.54) is 0 Å². The molecule has 0 bridgehead atoms. The van der Waals surface area contributed by atoms with Gasteiger partial charge in [-0.15, -0.1) is 0 Å². The zero-order valence-corrected chi connectivity index (χ0v) is 16.7. The molecule has 0 amide bonds. The molecule has 0 radical (unpaired) electrons. The molecule has 0 aromatic heterocycles. The van der Waals surface area contributed by atoms with Gasteiger partial charge in [0.15, 0.2) is 5.75 Å². The van der Waals surface area contributed by atoms with Gasteiger partial charge < -0.3 is 37.0 Å². The van der Waals surface area contributed by atoms with Gasteiger partial charge in [0.2, 0.25) is 0 Å². The Morgan fingerprint density at radius 1 is 0.517 bits per heavy atom. The molecule has 1 aromatic carbocycles. The van der Waals surface area contributed by atoms with Gasteiger partial charge in [-0.05, 0) is 12.1 Å². The summed E-state index contributed by atoms with van der Waals surface area (Å²) in [6, 6.07) is -0.0661. The normalized spacial score (nSPS) is 12.8. The van der Waals surface area contributed by atoms with E-state index in [-0.39, 0.29) is 12.1 Å². The highest BCUT2D eigenvalue weighted by Crippen LogP contribution is 2.33. The van der Waals surface area contributed by atoms with Crippen molar-refractivity contribution in [2.24, 2.45) is 0 Å². The Balaban J connectivity index is 0. The predicted molar refractivity (Wildman–Crippen MR) is 72.9 cm³/mol. The highest BCUT2D eigenvalue weighted by molar-refractivity contribution is 7.87. The molecule has 0 aliphatic rings. The number of hydrogen-bond acceptors (Lipinski definition) is 18. The van der Waals surface area contributed by atoms with Crippen LogP contribution in [-0.4, -0.2) is 79.1 Å². The molecule has 0 spiro atoms. The first kappa shape index (κ1) is 29.7. The number of phenolic OH excluding ortho intramolecular Hbond substituents is 1. The Morgan fingerprint density at radius 2 is 0.724 bits per heavy atom. The second-order valence-electron chi connectivity index (χ2n) is 3.95. The lowest BCUT2D eigenvalue weighted by Crippen LogP contribution is -2.09. The van der Waals surface area contributed by atoms with E-state index in [9.17, 15) is 44.0 Å². The van der Waals surface area contributed by atoms with Gasteiger partial charge in [-0.25, -0.2) is 25.3 Å². The molecule has 0 aliphatic carbocycles. The molecule has 0 fully saturated rings. The van der Waals surface area contributed by atoms with Gasteiger partial charge in [0.1, 0.15) is 30.4 Å². The van der Waals surface area contributed by atoms with E-state index in [4.69, 9.17) is 35.0 Å². The Hall–Kier alpha value is -1.51. The Bertz CT molecular complexity index is 1160. The molecule has 0 heterocycles. The van der Waals surface area contributed by atoms with Crippen LogP contribution in [0.4, 0.5) is 0 Å². The lowest BCUT2D eigenvalue weighted by Gasteiger charge is -2.17. The van der Waals surface area contributed by atoms with E-state index >= 15 is 0 Å². The third kappa shape index (κ3) is 15.1. The first-order chi connectivity index (χ1) is 12.2. The summed E-state index contributed by atoms with van der Waals surface area (Å²) in [6.45, 7) is 0. The maximum absolute atomic E-state index is 10.7. The summed E-state index contributed by atoms with van der Waals surface area (Å²) in [5.41, 5.74) is 0. The topological polar surface area (TPSA) is 352 Å². The van der Waals surface area contributed by atoms with E-state index in [1.807, 2.05) is 0 Å². The first-order valence-corrected chi connectivity index (χ1v) is 12.2. The van der Waals surface area contributed by atoms with E-state index in [2.05, 4.69) is 0 Å². The van der Waals surface area contributed by atoms with Crippen molar-refractivity contribution in [1.82, 2.24) is 0 Å². The van der Waals surface area contributed by atoms with Crippen molar-refractivity contribution in [3.05, 3.63) is 12.1 Å². The Kier molecular flexibility index (Phi) is 9.76. The second kappa shape index (κ2) is 9.53. The molecule has 0 saturated heterocycles. The molecule has 18 nitrogen and oxygen atoms in total. The smallest absolute Gasteiger partial charge is 0.150 e. The van der Waals surface area contributed by atoms with Crippen LogP contribution in [-0.2, 0) is 51.2 Å². The van der Waals surface area contributed by atoms with E-state index in [1.54, 1.807) is 0 Å². The molecule has 29 heavy (non-hydrogen) atoms. The van der Waals surface area contributed by atoms with Crippen LogP contribution in [0, 0.1) is 0 Å². The monoisotopic (exact) mass is 523 g/mol. The summed E-state index contributed by atoms with van der Waals surface area (Å²) in [7, 11) is -26.7. The van der Waals surface area contributed by atoms with Crippen molar-refractivity contribution in [3.63, 3.8) is 0 Å². The standard InChI is InChI=1S/C6H6O10S3.2H2O4S/c7-6-4(18(11,12)13)1-3(17(8,9)10)2-5(6)19(14,15)16;2*1-5(2,3)4/h1-2,7H,(H,8,9,10)(H,11,12,13)(H,14,15,16);2*(H2,1,2,3,4)/p-7. The quantitative estimate of drug-likeness (QED) is 0.287. The zero-order chi connectivity index (χ0) is 24.2. The third-order valence-electron chi connectivity index (χ3n) is 1.84. The van der Waals surface area contributed by atoms with Gasteiger partial charge in [-0.2, -0.15) is 0 Å². The number of phenols is 1. The third-order valence-corrected chi connectivity index (χ3v) is 4.35. The van der Waals surface area contributed by atoms with Crippen molar-refractivity contribution in [2.45, 2.75) is 14.7 Å². The predicted octanol–water partition coefficient (Wildman–Crippen LogP) is -4.57. The number of aromatic hydroxyl groups is 1. The first-order valence-electron chi connectivity index (χ1n) is 5.32. The summed E-state index contributed by atoms with van der Waals surface area (Å²) >= 11 is 0. The fraction of sp³-hybridized carbons (Fsp3) is 0. The summed E-state index contributed by atoms with van der Waals surface area (Å²) in [5, 5.41) is 9.20. The van der Waals surface area contributed by atoms with Gasteiger partial charge in [0.25, 0.3) is 0 Å². The summed E-state index contributed by atoms with van der Waals surface area (Å²) < 4.78 is 164. The van der Waals surface area contributed by atoms with Crippen LogP contribution in [0.5, 0.6) is 5.75 Å². The van der Waals surface area contributed by atoms with Crippen LogP contribution in [0.15, 0.2) is 26.8 Å². The highest BCUT2D eigenvalue weighted by Gasteiger charge is 2.20. The molecule has 0 aliphatic heterocycles. The minimum Gasteiger partial charge on any atom is -0.759 e. The fourth-order valence-corrected chi connectivity index (χ4v) is 3.06. The maximum atomic E-state index is 10.7. The number of rotatable bonds is 3. The minimum absolute atomic E-state index is 0.0331. The average Bonchev–Trinajstić information content (AvgIpc) is 2.30. The molecule has 1 rings (SSSR count). The Labute approximate surface area is 162 Å². The molecule has 0 saturated carbocycles. The van der Waals surface area contributed by atoms with Crippen LogP contribution in [0.3, 0.4) is 0 Å². The lowest BCUT2D eigenvalue weighted by molar-refractivity contribution is 0.350. The van der Waals surface area contributed by atoms with Crippen LogP contribution in [0.1, 0.15) is 0 Å². The average molecular weight is 523 g/mol. The van der Waals surface area contributed by atoms with Crippen LogP contribution in [0.25, 0.3) is 0 Å². The van der Waals surface area contributed by atoms with Crippen molar-refractivity contribution in [2.75, 3.05) is 0 Å². The van der Waals surface area contributed by atoms with Crippen molar-refractivity contribution in [3.8, 4) is 5.75 Å². The SMILES string of the molecule is O=S(=O)([O-])[O-].O=S(=O)([O-])[O-].O=S(=O)([O-])c1cc(S(=O)(=O)[O-])c(O)c(S(=O)(=O)[O-])c1. The van der Waals surface area contributed by atoms with E-state index < -0.39 is 71.6 Å². The molecular formula is C6H3O18S5-7. The van der Waals surface area contributed by atoms with E-state index in [0.717, 1.165) is 0 Å². The van der Waals surface area contributed by atoms with E-state index in [0.29, 0.717) is 0 Å². The summed E-state index contributed by atoms with van der Waals surface area (Å²) in [4.78, 5) is -4.84. The van der Waals surface area contributed by atoms with Gasteiger partial charge in [-0.1, -0.05) is 0 Å². The molecule has 0 unspecified atom stereocenters. The van der Waals surface area contributed by atoms with Crippen LogP contribution in [0.2, 0.25) is 0 Å². The van der Waals surface area contributed by atoms with Crippen LogP contribution < -0.4 is 0 Å². The van der Waals surface area contributed by atoms with Gasteiger partial charge >= 0.3 is 0 Å².